The van der Waals surface area contributed by atoms with E-state index in [9.17, 15) is 15.0 Å². The fourth-order valence-corrected chi connectivity index (χ4v) is 9.86. The first-order valence-corrected chi connectivity index (χ1v) is 14.2. The molecule has 0 bridgehead atoms. The molecule has 0 aromatic rings. The first-order valence-electron chi connectivity index (χ1n) is 14.2. The van der Waals surface area contributed by atoms with E-state index in [1.807, 2.05) is 0 Å². The van der Waals surface area contributed by atoms with Crippen molar-refractivity contribution in [3.05, 3.63) is 11.6 Å². The summed E-state index contributed by atoms with van der Waals surface area (Å²) in [6.07, 6.45) is 12.6. The Morgan fingerprint density at radius 2 is 1.89 bits per heavy atom. The maximum Gasteiger partial charge on any atom is 0.331 e. The molecule has 0 amide bonds. The quantitative estimate of drug-likeness (QED) is 0.449. The maximum atomic E-state index is 12.4. The van der Waals surface area contributed by atoms with E-state index < -0.39 is 17.1 Å². The van der Waals surface area contributed by atoms with Crippen molar-refractivity contribution in [1.29, 1.82) is 0 Å². The molecule has 0 aromatic carbocycles. The Hall–Kier alpha value is -0.950. The number of hydrogen-bond acceptors (Lipinski definition) is 6. The number of fused-ring (bicyclic) bond motifs is 5. The number of cyclic esters (lactones) is 1. The molecule has 5 fully saturated rings. The fourth-order valence-electron chi connectivity index (χ4n) is 9.86. The lowest BCUT2D eigenvalue weighted by atomic mass is 9.43. The standard InChI is InChI=1S/C29H44O6/c1-17-5-4-6-25(34-17)35-20-9-11-27(2)19(14-20)7-8-22-21(27)10-12-28(3)26(18-13-24(31)33-16-18)23(30)15-29(22,28)32/h13,17,19-23,25-26,30,32H,4-12,14-16H2,1-3H3/t17-,19-,20+,21?,22-,23+,25+,26?,27+,28-,29+/m1/s1. The van der Waals surface area contributed by atoms with E-state index in [0.29, 0.717) is 24.4 Å². The molecule has 2 aliphatic heterocycles. The van der Waals surface area contributed by atoms with Crippen molar-refractivity contribution in [3.63, 3.8) is 0 Å². The van der Waals surface area contributed by atoms with Crippen LogP contribution in [0.25, 0.3) is 0 Å². The van der Waals surface area contributed by atoms with Crippen LogP contribution in [0.3, 0.4) is 0 Å². The van der Waals surface area contributed by atoms with Gasteiger partial charge in [-0.2, -0.15) is 0 Å². The van der Waals surface area contributed by atoms with Gasteiger partial charge in [0.1, 0.15) is 6.61 Å². The Kier molecular flexibility index (Phi) is 5.95. The van der Waals surface area contributed by atoms with E-state index in [0.717, 1.165) is 63.4 Å². The average molecular weight is 489 g/mol. The van der Waals surface area contributed by atoms with Gasteiger partial charge in [0.25, 0.3) is 0 Å². The van der Waals surface area contributed by atoms with Crippen LogP contribution < -0.4 is 0 Å². The van der Waals surface area contributed by atoms with E-state index in [2.05, 4.69) is 20.8 Å². The third-order valence-corrected chi connectivity index (χ3v) is 11.7. The molecule has 2 heterocycles. The van der Waals surface area contributed by atoms with Gasteiger partial charge in [-0.05, 0) is 99.9 Å². The highest BCUT2D eigenvalue weighted by Crippen LogP contribution is 2.70. The van der Waals surface area contributed by atoms with Crippen LogP contribution in [0.2, 0.25) is 0 Å². The first-order chi connectivity index (χ1) is 16.6. The fraction of sp³-hybridized carbons (Fsp3) is 0.897. The van der Waals surface area contributed by atoms with Gasteiger partial charge in [0, 0.05) is 23.8 Å². The van der Waals surface area contributed by atoms with Crippen molar-refractivity contribution in [3.8, 4) is 0 Å². The first kappa shape index (κ1) is 24.4. The summed E-state index contributed by atoms with van der Waals surface area (Å²) in [6.45, 7) is 7.04. The number of hydrogen-bond donors (Lipinski definition) is 2. The molecule has 1 saturated heterocycles. The summed E-state index contributed by atoms with van der Waals surface area (Å²) in [5.74, 6) is 0.753. The highest BCUT2D eigenvalue weighted by molar-refractivity contribution is 5.85. The number of carbonyl (C=O) groups excluding carboxylic acids is 1. The van der Waals surface area contributed by atoms with Crippen LogP contribution in [-0.4, -0.2) is 53.0 Å². The van der Waals surface area contributed by atoms with Gasteiger partial charge >= 0.3 is 5.97 Å². The van der Waals surface area contributed by atoms with E-state index in [-0.39, 0.29) is 42.2 Å². The molecule has 2 N–H and O–H groups in total. The maximum absolute atomic E-state index is 12.4. The van der Waals surface area contributed by atoms with Gasteiger partial charge in [-0.3, -0.25) is 0 Å². The molecule has 6 aliphatic rings. The largest absolute Gasteiger partial charge is 0.458 e. The lowest BCUT2D eigenvalue weighted by Crippen LogP contribution is -2.62. The molecular formula is C29H44O6. The number of carbonyl (C=O) groups is 1. The second-order valence-electron chi connectivity index (χ2n) is 13.3. The topological polar surface area (TPSA) is 85.2 Å². The Bertz CT molecular complexity index is 886. The zero-order chi connectivity index (χ0) is 24.6. The summed E-state index contributed by atoms with van der Waals surface area (Å²) < 4.78 is 17.7. The third kappa shape index (κ3) is 3.68. The molecule has 35 heavy (non-hydrogen) atoms. The predicted molar refractivity (Wildman–Crippen MR) is 130 cm³/mol. The van der Waals surface area contributed by atoms with Crippen LogP contribution in [0.1, 0.15) is 91.4 Å². The van der Waals surface area contributed by atoms with Crippen molar-refractivity contribution in [2.75, 3.05) is 6.61 Å². The highest BCUT2D eigenvalue weighted by Gasteiger charge is 2.70. The van der Waals surface area contributed by atoms with Gasteiger partial charge in [-0.15, -0.1) is 0 Å². The Balaban J connectivity index is 1.19. The van der Waals surface area contributed by atoms with Crippen molar-refractivity contribution in [1.82, 2.24) is 0 Å². The predicted octanol–water partition coefficient (Wildman–Crippen LogP) is 4.51. The molecule has 6 heteroatoms. The van der Waals surface area contributed by atoms with Crippen molar-refractivity contribution >= 4 is 5.97 Å². The van der Waals surface area contributed by atoms with Crippen LogP contribution in [0.5, 0.6) is 0 Å². The van der Waals surface area contributed by atoms with E-state index >= 15 is 0 Å². The molecular weight excluding hydrogens is 444 g/mol. The van der Waals surface area contributed by atoms with E-state index in [1.54, 1.807) is 6.08 Å². The van der Waals surface area contributed by atoms with Crippen molar-refractivity contribution in [2.45, 2.75) is 122 Å². The number of aliphatic hydroxyl groups is 2. The van der Waals surface area contributed by atoms with Crippen LogP contribution in [0.4, 0.5) is 0 Å². The molecule has 0 aromatic heterocycles. The second kappa shape index (κ2) is 8.54. The third-order valence-electron chi connectivity index (χ3n) is 11.7. The summed E-state index contributed by atoms with van der Waals surface area (Å²) in [7, 11) is 0. The van der Waals surface area contributed by atoms with Gasteiger partial charge in [-0.1, -0.05) is 13.8 Å². The molecule has 196 valence electrons. The minimum absolute atomic E-state index is 0.0433. The smallest absolute Gasteiger partial charge is 0.331 e. The van der Waals surface area contributed by atoms with Crippen LogP contribution in [0.15, 0.2) is 11.6 Å². The summed E-state index contributed by atoms with van der Waals surface area (Å²) in [4.78, 5) is 11.8. The highest BCUT2D eigenvalue weighted by atomic mass is 16.7. The normalized spacial score (nSPS) is 53.9. The van der Waals surface area contributed by atoms with Crippen LogP contribution in [-0.2, 0) is 19.0 Å². The minimum Gasteiger partial charge on any atom is -0.458 e. The molecule has 4 saturated carbocycles. The molecule has 6 nitrogen and oxygen atoms in total. The van der Waals surface area contributed by atoms with Gasteiger partial charge in [0.15, 0.2) is 6.29 Å². The Labute approximate surface area is 209 Å². The molecule has 2 unspecified atom stereocenters. The SMILES string of the molecule is C[C@@H]1CCC[C@H](O[C@H]2CC[C@]3(C)C4CC[C@]5(C)C(C6=CC(=O)OC6)[C@@H](O)C[C@]5(O)[C@@H]4CC[C@@H]3C2)O1. The number of rotatable bonds is 3. The molecule has 6 rings (SSSR count). The van der Waals surface area contributed by atoms with Gasteiger partial charge in [0.2, 0.25) is 0 Å². The van der Waals surface area contributed by atoms with E-state index in [4.69, 9.17) is 14.2 Å². The van der Waals surface area contributed by atoms with Crippen molar-refractivity contribution < 1.29 is 29.2 Å². The van der Waals surface area contributed by atoms with Gasteiger partial charge < -0.3 is 24.4 Å². The van der Waals surface area contributed by atoms with Crippen LogP contribution in [0, 0.1) is 34.5 Å². The lowest BCUT2D eigenvalue weighted by molar-refractivity contribution is -0.238. The molecule has 0 radical (unpaired) electrons. The zero-order valence-corrected chi connectivity index (χ0v) is 21.7. The zero-order valence-electron chi connectivity index (χ0n) is 21.7. The minimum atomic E-state index is -0.903. The summed E-state index contributed by atoms with van der Waals surface area (Å²) in [5, 5.41) is 23.6. The Morgan fingerprint density at radius 3 is 2.63 bits per heavy atom. The van der Waals surface area contributed by atoms with E-state index in [1.165, 1.54) is 6.42 Å². The lowest BCUT2D eigenvalue weighted by Gasteiger charge is -2.63. The number of aliphatic hydroxyl groups excluding tert-OH is 1. The van der Waals surface area contributed by atoms with Gasteiger partial charge in [0.05, 0.1) is 23.9 Å². The average Bonchev–Trinajstić information content (AvgIpc) is 3.30. The molecule has 11 atom stereocenters. The number of ether oxygens (including phenoxy) is 3. The van der Waals surface area contributed by atoms with Gasteiger partial charge in [-0.25, -0.2) is 4.79 Å². The summed E-state index contributed by atoms with van der Waals surface area (Å²) in [5.41, 5.74) is -0.252. The second-order valence-corrected chi connectivity index (χ2v) is 13.3. The monoisotopic (exact) mass is 488 g/mol. The Morgan fingerprint density at radius 1 is 1.06 bits per heavy atom. The number of esters is 1. The molecule has 0 spiro atoms. The summed E-state index contributed by atoms with van der Waals surface area (Å²) >= 11 is 0. The molecule has 4 aliphatic carbocycles. The van der Waals surface area contributed by atoms with Crippen molar-refractivity contribution in [2.24, 2.45) is 34.5 Å². The summed E-state index contributed by atoms with van der Waals surface area (Å²) in [6, 6.07) is 0. The van der Waals surface area contributed by atoms with Crippen LogP contribution >= 0.6 is 0 Å².